The van der Waals surface area contributed by atoms with Gasteiger partial charge in [0.05, 0.1) is 6.10 Å². The number of rotatable bonds is 4. The second-order valence-corrected chi connectivity index (χ2v) is 6.75. The van der Waals surface area contributed by atoms with E-state index in [-0.39, 0.29) is 0 Å². The number of halogens is 1. The summed E-state index contributed by atoms with van der Waals surface area (Å²) in [5.41, 5.74) is 1.46. The van der Waals surface area contributed by atoms with E-state index in [0.717, 1.165) is 6.61 Å². The van der Waals surface area contributed by atoms with E-state index in [1.54, 1.807) is 0 Å². The monoisotopic (exact) mass is 323 g/mol. The van der Waals surface area contributed by atoms with Crippen molar-refractivity contribution in [2.45, 2.75) is 56.7 Å². The largest absolute Gasteiger partial charge is 0.377 e. The van der Waals surface area contributed by atoms with Crippen molar-refractivity contribution in [3.05, 3.63) is 34.3 Å². The molecular weight excluding hydrogens is 302 g/mol. The van der Waals surface area contributed by atoms with E-state index in [1.807, 2.05) is 0 Å². The molecule has 0 amide bonds. The Hall–Kier alpha value is -0.380. The van der Waals surface area contributed by atoms with Gasteiger partial charge in [-0.3, -0.25) is 0 Å². The van der Waals surface area contributed by atoms with Gasteiger partial charge in [0, 0.05) is 23.2 Å². The molecule has 2 atom stereocenters. The molecule has 2 fully saturated rings. The van der Waals surface area contributed by atoms with Crippen molar-refractivity contribution in [1.29, 1.82) is 0 Å². The number of hydrogen-bond acceptors (Lipinski definition) is 2. The first-order valence-corrected chi connectivity index (χ1v) is 8.15. The van der Waals surface area contributed by atoms with Crippen LogP contribution in [0.15, 0.2) is 28.7 Å². The summed E-state index contributed by atoms with van der Waals surface area (Å²) in [6, 6.07) is 9.76. The van der Waals surface area contributed by atoms with Gasteiger partial charge in [-0.25, -0.2) is 0 Å². The van der Waals surface area contributed by atoms with Crippen LogP contribution in [-0.2, 0) is 4.74 Å². The topological polar surface area (TPSA) is 21.3 Å². The maximum atomic E-state index is 5.74. The predicted octanol–water partition coefficient (Wildman–Crippen LogP) is 3.85. The van der Waals surface area contributed by atoms with E-state index >= 15 is 0 Å². The van der Waals surface area contributed by atoms with Crippen molar-refractivity contribution in [2.24, 2.45) is 0 Å². The highest BCUT2D eigenvalue weighted by molar-refractivity contribution is 9.10. The smallest absolute Gasteiger partial charge is 0.0726 e. The number of nitrogens with one attached hydrogen (secondary N) is 1. The third kappa shape index (κ3) is 3.04. The van der Waals surface area contributed by atoms with Gasteiger partial charge in [0.2, 0.25) is 0 Å². The predicted molar refractivity (Wildman–Crippen MR) is 81.5 cm³/mol. The zero-order valence-corrected chi connectivity index (χ0v) is 13.0. The molecule has 2 unspecified atom stereocenters. The number of benzene rings is 1. The van der Waals surface area contributed by atoms with Crippen LogP contribution in [0, 0.1) is 0 Å². The molecule has 2 aliphatic rings. The maximum absolute atomic E-state index is 5.74. The van der Waals surface area contributed by atoms with E-state index in [9.17, 15) is 0 Å². The SMILES string of the molecule is CC(NC1CC(c2ccccc2Br)C1)C1CCCO1. The van der Waals surface area contributed by atoms with Crippen LogP contribution in [0.2, 0.25) is 0 Å². The van der Waals surface area contributed by atoms with E-state index in [2.05, 4.69) is 52.4 Å². The minimum absolute atomic E-state index is 0.433. The van der Waals surface area contributed by atoms with Crippen LogP contribution >= 0.6 is 15.9 Å². The highest BCUT2D eigenvalue weighted by Gasteiger charge is 2.33. The molecular formula is C16H22BrNO. The molecule has 19 heavy (non-hydrogen) atoms. The molecule has 0 bridgehead atoms. The summed E-state index contributed by atoms with van der Waals surface area (Å²) in [6.07, 6.45) is 5.37. The van der Waals surface area contributed by atoms with Gasteiger partial charge in [0.15, 0.2) is 0 Å². The summed E-state index contributed by atoms with van der Waals surface area (Å²) in [7, 11) is 0. The third-order valence-electron chi connectivity index (χ3n) is 4.50. The highest BCUT2D eigenvalue weighted by Crippen LogP contribution is 2.40. The number of hydrogen-bond donors (Lipinski definition) is 1. The van der Waals surface area contributed by atoms with Crippen molar-refractivity contribution in [1.82, 2.24) is 5.32 Å². The fourth-order valence-corrected chi connectivity index (χ4v) is 3.90. The Morgan fingerprint density at radius 3 is 2.79 bits per heavy atom. The first-order chi connectivity index (χ1) is 9.24. The lowest BCUT2D eigenvalue weighted by Gasteiger charge is -2.39. The average Bonchev–Trinajstić information content (AvgIpc) is 2.88. The summed E-state index contributed by atoms with van der Waals surface area (Å²) < 4.78 is 7.00. The van der Waals surface area contributed by atoms with Crippen molar-refractivity contribution in [3.8, 4) is 0 Å². The second-order valence-electron chi connectivity index (χ2n) is 5.89. The lowest BCUT2D eigenvalue weighted by molar-refractivity contribution is 0.0731. The molecule has 1 aliphatic carbocycles. The summed E-state index contributed by atoms with van der Waals surface area (Å²) in [6.45, 7) is 3.21. The van der Waals surface area contributed by atoms with Crippen LogP contribution in [-0.4, -0.2) is 24.8 Å². The minimum Gasteiger partial charge on any atom is -0.377 e. The Morgan fingerprint density at radius 2 is 2.11 bits per heavy atom. The molecule has 1 aliphatic heterocycles. The van der Waals surface area contributed by atoms with E-state index in [0.29, 0.717) is 24.1 Å². The van der Waals surface area contributed by atoms with Crippen LogP contribution in [0.1, 0.15) is 44.1 Å². The molecule has 1 heterocycles. The van der Waals surface area contributed by atoms with E-state index in [1.165, 1.54) is 35.7 Å². The standard InChI is InChI=1S/C16H22BrNO/c1-11(16-7-4-8-19-16)18-13-9-12(10-13)14-5-2-3-6-15(14)17/h2-3,5-6,11-13,16,18H,4,7-10H2,1H3. The van der Waals surface area contributed by atoms with Crippen molar-refractivity contribution in [3.63, 3.8) is 0 Å². The fourth-order valence-electron chi connectivity index (χ4n) is 3.29. The van der Waals surface area contributed by atoms with Gasteiger partial charge in [-0.05, 0) is 50.2 Å². The normalized spacial score (nSPS) is 32.0. The Labute approximate surface area is 124 Å². The molecule has 0 aromatic heterocycles. The van der Waals surface area contributed by atoms with Gasteiger partial charge < -0.3 is 10.1 Å². The van der Waals surface area contributed by atoms with Gasteiger partial charge in [0.1, 0.15) is 0 Å². The lowest BCUT2D eigenvalue weighted by atomic mass is 9.75. The fraction of sp³-hybridized carbons (Fsp3) is 0.625. The molecule has 3 heteroatoms. The van der Waals surface area contributed by atoms with E-state index in [4.69, 9.17) is 4.74 Å². The minimum atomic E-state index is 0.433. The maximum Gasteiger partial charge on any atom is 0.0726 e. The van der Waals surface area contributed by atoms with Gasteiger partial charge in [0.25, 0.3) is 0 Å². The molecule has 104 valence electrons. The molecule has 1 aromatic carbocycles. The van der Waals surface area contributed by atoms with Crippen LogP contribution in [0.3, 0.4) is 0 Å². The van der Waals surface area contributed by atoms with Gasteiger partial charge in [-0.15, -0.1) is 0 Å². The van der Waals surface area contributed by atoms with Crippen LogP contribution < -0.4 is 5.32 Å². The molecule has 0 radical (unpaired) electrons. The zero-order valence-electron chi connectivity index (χ0n) is 11.4. The van der Waals surface area contributed by atoms with Gasteiger partial charge >= 0.3 is 0 Å². The average molecular weight is 324 g/mol. The van der Waals surface area contributed by atoms with Crippen molar-refractivity contribution in [2.75, 3.05) is 6.61 Å². The first kappa shape index (κ1) is 13.6. The van der Waals surface area contributed by atoms with Crippen LogP contribution in [0.4, 0.5) is 0 Å². The Bertz CT molecular complexity index is 425. The summed E-state index contributed by atoms with van der Waals surface area (Å²) >= 11 is 3.66. The summed E-state index contributed by atoms with van der Waals surface area (Å²) in [5.74, 6) is 0.713. The van der Waals surface area contributed by atoms with Crippen LogP contribution in [0.25, 0.3) is 0 Å². The molecule has 1 saturated heterocycles. The first-order valence-electron chi connectivity index (χ1n) is 7.36. The molecule has 1 aromatic rings. The quantitative estimate of drug-likeness (QED) is 0.908. The van der Waals surface area contributed by atoms with Gasteiger partial charge in [-0.2, -0.15) is 0 Å². The molecule has 0 spiro atoms. The Morgan fingerprint density at radius 1 is 1.32 bits per heavy atom. The van der Waals surface area contributed by atoms with Crippen molar-refractivity contribution < 1.29 is 4.74 Å². The van der Waals surface area contributed by atoms with Crippen LogP contribution in [0.5, 0.6) is 0 Å². The Kier molecular flexibility index (Phi) is 4.25. The molecule has 2 nitrogen and oxygen atoms in total. The lowest BCUT2D eigenvalue weighted by Crippen LogP contribution is -2.48. The molecule has 1 N–H and O–H groups in total. The summed E-state index contributed by atoms with van der Waals surface area (Å²) in [5, 5.41) is 3.74. The Balaban J connectivity index is 1.49. The van der Waals surface area contributed by atoms with E-state index < -0.39 is 0 Å². The third-order valence-corrected chi connectivity index (χ3v) is 5.23. The van der Waals surface area contributed by atoms with Crippen molar-refractivity contribution >= 4 is 15.9 Å². The van der Waals surface area contributed by atoms with Gasteiger partial charge in [-0.1, -0.05) is 34.1 Å². The summed E-state index contributed by atoms with van der Waals surface area (Å²) in [4.78, 5) is 0. The number of ether oxygens (including phenoxy) is 1. The highest BCUT2D eigenvalue weighted by atomic mass is 79.9. The molecule has 1 saturated carbocycles. The zero-order chi connectivity index (χ0) is 13.2. The second kappa shape index (κ2) is 5.94. The molecule has 3 rings (SSSR count).